The first-order valence-corrected chi connectivity index (χ1v) is 11.8. The number of anilines is 1. The first kappa shape index (κ1) is 22.7. The van der Waals surface area contributed by atoms with Gasteiger partial charge in [0.25, 0.3) is 5.56 Å². The van der Waals surface area contributed by atoms with E-state index in [0.29, 0.717) is 20.6 Å². The lowest BCUT2D eigenvalue weighted by Gasteiger charge is -2.24. The molecule has 0 radical (unpaired) electrons. The lowest BCUT2D eigenvalue weighted by Crippen LogP contribution is -2.39. The molecule has 2 heterocycles. The average molecular weight is 462 g/mol. The van der Waals surface area contributed by atoms with Gasteiger partial charge < -0.3 is 9.64 Å². The summed E-state index contributed by atoms with van der Waals surface area (Å²) in [5, 5.41) is 0. The Bertz CT molecular complexity index is 1360. The van der Waals surface area contributed by atoms with Gasteiger partial charge >= 0.3 is 5.97 Å². The molecule has 6 nitrogen and oxygen atoms in total. The summed E-state index contributed by atoms with van der Waals surface area (Å²) in [6.07, 6.45) is 1.88. The maximum Gasteiger partial charge on any atom is 0.338 e. The lowest BCUT2D eigenvalue weighted by molar-refractivity contribution is -0.136. The number of thiazole rings is 1. The normalized spacial score (nSPS) is 15.8. The third kappa shape index (κ3) is 4.28. The fourth-order valence-electron chi connectivity index (χ4n) is 4.16. The Morgan fingerprint density at radius 3 is 2.39 bits per heavy atom. The molecule has 33 heavy (non-hydrogen) atoms. The van der Waals surface area contributed by atoms with Crippen molar-refractivity contribution in [3.05, 3.63) is 96.7 Å². The highest BCUT2D eigenvalue weighted by Crippen LogP contribution is 2.30. The van der Waals surface area contributed by atoms with E-state index in [1.807, 2.05) is 48.5 Å². The quantitative estimate of drug-likeness (QED) is 0.529. The van der Waals surface area contributed by atoms with Crippen molar-refractivity contribution in [1.82, 2.24) is 4.57 Å². The molecule has 4 rings (SSSR count). The maximum atomic E-state index is 13.5. The molecule has 7 heteroatoms. The Hall–Kier alpha value is -3.45. The summed E-state index contributed by atoms with van der Waals surface area (Å²) in [4.78, 5) is 33.6. The second-order valence-electron chi connectivity index (χ2n) is 7.75. The van der Waals surface area contributed by atoms with Gasteiger partial charge in [0, 0.05) is 18.8 Å². The van der Waals surface area contributed by atoms with Gasteiger partial charge in [-0.1, -0.05) is 53.8 Å². The zero-order valence-corrected chi connectivity index (χ0v) is 20.1. The molecule has 1 aromatic heterocycles. The van der Waals surface area contributed by atoms with Crippen molar-refractivity contribution >= 4 is 29.1 Å². The molecule has 0 spiro atoms. The number of benzene rings is 2. The number of nitrogens with zero attached hydrogens (tertiary/aromatic N) is 3. The van der Waals surface area contributed by atoms with Gasteiger partial charge in [0.2, 0.25) is 0 Å². The highest BCUT2D eigenvalue weighted by atomic mass is 32.1. The third-order valence-corrected chi connectivity index (χ3v) is 6.84. The van der Waals surface area contributed by atoms with Crippen molar-refractivity contribution in [2.24, 2.45) is 4.99 Å². The van der Waals surface area contributed by atoms with Gasteiger partial charge in [-0.3, -0.25) is 9.36 Å². The smallest absolute Gasteiger partial charge is 0.338 e. The number of allylic oxidation sites excluding steroid dienone is 1. The molecule has 0 fully saturated rings. The van der Waals surface area contributed by atoms with Crippen molar-refractivity contribution < 1.29 is 9.53 Å². The topological polar surface area (TPSA) is 63.9 Å². The van der Waals surface area contributed by atoms with Crippen LogP contribution in [0.5, 0.6) is 0 Å². The van der Waals surface area contributed by atoms with Crippen LogP contribution in [-0.2, 0) is 9.53 Å². The van der Waals surface area contributed by atoms with Crippen LogP contribution in [0, 0.1) is 0 Å². The summed E-state index contributed by atoms with van der Waals surface area (Å²) in [5.74, 6) is -0.480. The van der Waals surface area contributed by atoms with Crippen molar-refractivity contribution in [3.63, 3.8) is 0 Å². The fourth-order valence-corrected chi connectivity index (χ4v) is 5.21. The second-order valence-corrected chi connectivity index (χ2v) is 8.76. The number of hydrogen-bond donors (Lipinski definition) is 0. The molecule has 0 aliphatic carbocycles. The van der Waals surface area contributed by atoms with Crippen LogP contribution in [0.25, 0.3) is 6.08 Å². The number of aromatic nitrogens is 1. The first-order chi connectivity index (χ1) is 16.0. The molecule has 1 aliphatic rings. The monoisotopic (exact) mass is 461 g/mol. The van der Waals surface area contributed by atoms with E-state index in [-0.39, 0.29) is 5.56 Å². The second kappa shape index (κ2) is 9.58. The zero-order valence-electron chi connectivity index (χ0n) is 19.2. The molecule has 0 saturated heterocycles. The van der Waals surface area contributed by atoms with Crippen LogP contribution in [0.2, 0.25) is 0 Å². The van der Waals surface area contributed by atoms with Gasteiger partial charge in [0.05, 0.1) is 29.0 Å². The molecular formula is C26H27N3O3S. The van der Waals surface area contributed by atoms with Crippen LogP contribution in [0.3, 0.4) is 0 Å². The summed E-state index contributed by atoms with van der Waals surface area (Å²) >= 11 is 1.33. The van der Waals surface area contributed by atoms with E-state index < -0.39 is 12.0 Å². The summed E-state index contributed by atoms with van der Waals surface area (Å²) in [5.41, 5.74) is 3.70. The van der Waals surface area contributed by atoms with E-state index >= 15 is 0 Å². The minimum atomic E-state index is -0.581. The zero-order chi connectivity index (χ0) is 23.5. The standard InChI is InChI=1S/C26H27N3O3S/c1-5-28(6-2)20-14-12-18(13-15-20)16-21-24(30)29-23(19-10-8-7-9-11-19)22(25(31)32-4)17(3)27-26(29)33-21/h7-16,23H,5-6H2,1-4H3/b21-16-. The minimum Gasteiger partial charge on any atom is -0.466 e. The number of methoxy groups -OCH3 is 1. The maximum absolute atomic E-state index is 13.5. The van der Waals surface area contributed by atoms with E-state index in [0.717, 1.165) is 29.9 Å². The van der Waals surface area contributed by atoms with Gasteiger partial charge in [0.15, 0.2) is 4.80 Å². The van der Waals surface area contributed by atoms with Crippen LogP contribution in [-0.4, -0.2) is 30.7 Å². The predicted molar refractivity (Wildman–Crippen MR) is 132 cm³/mol. The Morgan fingerprint density at radius 1 is 1.12 bits per heavy atom. The number of fused-ring (bicyclic) bond motifs is 1. The van der Waals surface area contributed by atoms with Crippen molar-refractivity contribution in [2.75, 3.05) is 25.1 Å². The van der Waals surface area contributed by atoms with E-state index in [1.165, 1.54) is 18.4 Å². The SMILES string of the molecule is CCN(CC)c1ccc(/C=c2\sc3n(c2=O)C(c2ccccc2)C(C(=O)OC)=C(C)N=3)cc1. The summed E-state index contributed by atoms with van der Waals surface area (Å²) in [6.45, 7) is 7.93. The molecule has 1 atom stereocenters. The number of hydrogen-bond acceptors (Lipinski definition) is 6. The van der Waals surface area contributed by atoms with Crippen LogP contribution in [0.15, 0.2) is 75.7 Å². The van der Waals surface area contributed by atoms with Gasteiger partial charge in [-0.05, 0) is 50.1 Å². The van der Waals surface area contributed by atoms with Gasteiger partial charge in [-0.15, -0.1) is 0 Å². The molecule has 170 valence electrons. The molecule has 2 aromatic carbocycles. The van der Waals surface area contributed by atoms with Crippen molar-refractivity contribution in [1.29, 1.82) is 0 Å². The Morgan fingerprint density at radius 2 is 1.79 bits per heavy atom. The van der Waals surface area contributed by atoms with Crippen LogP contribution >= 0.6 is 11.3 Å². The average Bonchev–Trinajstić information content (AvgIpc) is 3.14. The summed E-state index contributed by atoms with van der Waals surface area (Å²) in [6, 6.07) is 17.1. The molecule has 0 N–H and O–H groups in total. The predicted octanol–water partition coefficient (Wildman–Crippen LogP) is 3.25. The van der Waals surface area contributed by atoms with E-state index in [1.54, 1.807) is 11.5 Å². The van der Waals surface area contributed by atoms with Crippen LogP contribution in [0.4, 0.5) is 5.69 Å². The summed E-state index contributed by atoms with van der Waals surface area (Å²) < 4.78 is 7.22. The van der Waals surface area contributed by atoms with E-state index in [9.17, 15) is 9.59 Å². The molecule has 0 saturated carbocycles. The third-order valence-electron chi connectivity index (χ3n) is 5.86. The molecule has 1 unspecified atom stereocenters. The van der Waals surface area contributed by atoms with Crippen LogP contribution < -0.4 is 19.8 Å². The number of esters is 1. The molecule has 1 aliphatic heterocycles. The highest BCUT2D eigenvalue weighted by Gasteiger charge is 2.32. The van der Waals surface area contributed by atoms with E-state index in [4.69, 9.17) is 4.74 Å². The summed E-state index contributed by atoms with van der Waals surface area (Å²) in [7, 11) is 1.34. The first-order valence-electron chi connectivity index (χ1n) is 11.0. The lowest BCUT2D eigenvalue weighted by atomic mass is 9.96. The van der Waals surface area contributed by atoms with E-state index in [2.05, 4.69) is 35.9 Å². The number of rotatable bonds is 6. The van der Waals surface area contributed by atoms with Crippen molar-refractivity contribution in [2.45, 2.75) is 26.8 Å². The largest absolute Gasteiger partial charge is 0.466 e. The van der Waals surface area contributed by atoms with Crippen LogP contribution in [0.1, 0.15) is 37.9 Å². The number of carbonyl (C=O) groups excluding carboxylic acids is 1. The number of carbonyl (C=O) groups is 1. The van der Waals surface area contributed by atoms with Gasteiger partial charge in [-0.2, -0.15) is 0 Å². The highest BCUT2D eigenvalue weighted by molar-refractivity contribution is 7.07. The van der Waals surface area contributed by atoms with Gasteiger partial charge in [0.1, 0.15) is 0 Å². The molecule has 0 amide bonds. The Labute approximate surface area is 196 Å². The number of ether oxygens (including phenoxy) is 1. The molecular weight excluding hydrogens is 434 g/mol. The minimum absolute atomic E-state index is 0.172. The van der Waals surface area contributed by atoms with Gasteiger partial charge in [-0.25, -0.2) is 9.79 Å². The van der Waals surface area contributed by atoms with Crippen molar-refractivity contribution in [3.8, 4) is 0 Å². The Balaban J connectivity index is 1.85. The Kier molecular flexibility index (Phi) is 6.60. The molecule has 3 aromatic rings. The fraction of sp³-hybridized carbons (Fsp3) is 0.269. The molecule has 0 bridgehead atoms.